The van der Waals surface area contributed by atoms with Gasteiger partial charge in [0.1, 0.15) is 0 Å². The van der Waals surface area contributed by atoms with Gasteiger partial charge in [-0.3, -0.25) is 9.78 Å². The molecule has 27 heavy (non-hydrogen) atoms. The van der Waals surface area contributed by atoms with Gasteiger partial charge in [0.25, 0.3) is 5.91 Å². The second-order valence-electron chi connectivity index (χ2n) is 6.47. The number of hydrogen-bond acceptors (Lipinski definition) is 7. The average molecular weight is 383 g/mol. The number of aromatic nitrogens is 3. The van der Waals surface area contributed by atoms with Crippen LogP contribution in [0.3, 0.4) is 0 Å². The Balaban J connectivity index is 1.68. The Kier molecular flexibility index (Phi) is 5.26. The van der Waals surface area contributed by atoms with Gasteiger partial charge in [-0.15, -0.1) is 11.3 Å². The molecule has 1 N–H and O–H groups in total. The number of likely N-dealkylation sites (tertiary alicyclic amines) is 1. The number of amides is 1. The lowest BCUT2D eigenvalue weighted by molar-refractivity contribution is 0.0789. The van der Waals surface area contributed by atoms with E-state index in [1.165, 1.54) is 11.3 Å². The summed E-state index contributed by atoms with van der Waals surface area (Å²) in [6, 6.07) is 5.62. The first-order valence-electron chi connectivity index (χ1n) is 8.96. The summed E-state index contributed by atoms with van der Waals surface area (Å²) in [6.45, 7) is 2.02. The Morgan fingerprint density at radius 2 is 2.19 bits per heavy atom. The topological polar surface area (TPSA) is 80.2 Å². The maximum atomic E-state index is 13.0. The van der Waals surface area contributed by atoms with Crippen LogP contribution in [0.4, 0.5) is 5.95 Å². The van der Waals surface area contributed by atoms with Gasteiger partial charge in [-0.25, -0.2) is 9.97 Å². The molecule has 1 aliphatic heterocycles. The lowest BCUT2D eigenvalue weighted by atomic mass is 10.1. The van der Waals surface area contributed by atoms with Crippen LogP contribution in [-0.4, -0.2) is 52.6 Å². The summed E-state index contributed by atoms with van der Waals surface area (Å²) in [6.07, 6.45) is 5.61. The van der Waals surface area contributed by atoms with Gasteiger partial charge in [0, 0.05) is 32.6 Å². The number of anilines is 1. The van der Waals surface area contributed by atoms with Gasteiger partial charge < -0.3 is 15.0 Å². The zero-order valence-electron chi connectivity index (χ0n) is 15.1. The fourth-order valence-electron chi connectivity index (χ4n) is 3.27. The Morgan fingerprint density at radius 3 is 2.93 bits per heavy atom. The first-order chi connectivity index (χ1) is 13.3. The molecular weight excluding hydrogens is 362 g/mol. The van der Waals surface area contributed by atoms with E-state index in [1.54, 1.807) is 19.5 Å². The van der Waals surface area contributed by atoms with E-state index < -0.39 is 0 Å². The van der Waals surface area contributed by atoms with E-state index in [2.05, 4.69) is 20.3 Å². The smallest absolute Gasteiger partial charge is 0.274 e. The normalized spacial score (nSPS) is 15.2. The molecule has 8 heteroatoms. The number of carbonyl (C=O) groups excluding carboxylic acids is 1. The number of carbonyl (C=O) groups is 1. The van der Waals surface area contributed by atoms with Gasteiger partial charge in [0.15, 0.2) is 5.69 Å². The summed E-state index contributed by atoms with van der Waals surface area (Å²) in [5.74, 6) is 0.407. The third-order valence-corrected chi connectivity index (χ3v) is 5.53. The van der Waals surface area contributed by atoms with E-state index in [4.69, 9.17) is 4.74 Å². The predicted octanol–water partition coefficient (Wildman–Crippen LogP) is 3.12. The maximum absolute atomic E-state index is 13.0. The molecule has 0 spiro atoms. The second-order valence-corrected chi connectivity index (χ2v) is 7.38. The van der Waals surface area contributed by atoms with Crippen LogP contribution in [0.25, 0.3) is 10.2 Å². The van der Waals surface area contributed by atoms with E-state index in [-0.39, 0.29) is 11.9 Å². The monoisotopic (exact) mass is 383 g/mol. The molecule has 1 saturated heterocycles. The molecule has 7 nitrogen and oxygen atoms in total. The van der Waals surface area contributed by atoms with Crippen molar-refractivity contribution >= 4 is 33.4 Å². The minimum Gasteiger partial charge on any atom is -0.382 e. The van der Waals surface area contributed by atoms with Crippen LogP contribution >= 0.6 is 11.3 Å². The molecule has 3 aromatic rings. The van der Waals surface area contributed by atoms with Crippen LogP contribution in [0, 0.1) is 0 Å². The minimum absolute atomic E-state index is 0.0185. The first-order valence-corrected chi connectivity index (χ1v) is 9.84. The predicted molar refractivity (Wildman–Crippen MR) is 105 cm³/mol. The van der Waals surface area contributed by atoms with Crippen molar-refractivity contribution in [1.82, 2.24) is 19.9 Å². The molecule has 3 aromatic heterocycles. The SMILES string of the molecule is COCC(Nc1nc(C(=O)N2CCCC2)c2sccc2n1)c1cccnc1. The standard InChI is InChI=1S/C19H21N5O2S/c1-26-12-15(13-5-4-7-20-11-13)22-19-21-14-6-10-27-17(14)16(23-19)18(25)24-8-2-3-9-24/h4-7,10-11,15H,2-3,8-9,12H2,1H3,(H,21,22,23). The van der Waals surface area contributed by atoms with E-state index >= 15 is 0 Å². The summed E-state index contributed by atoms with van der Waals surface area (Å²) in [4.78, 5) is 28.2. The summed E-state index contributed by atoms with van der Waals surface area (Å²) >= 11 is 1.50. The van der Waals surface area contributed by atoms with Crippen LogP contribution in [0.2, 0.25) is 0 Å². The fourth-order valence-corrected chi connectivity index (χ4v) is 4.08. The van der Waals surface area contributed by atoms with Gasteiger partial charge in [-0.2, -0.15) is 0 Å². The van der Waals surface area contributed by atoms with Crippen molar-refractivity contribution in [3.05, 3.63) is 47.2 Å². The number of fused-ring (bicyclic) bond motifs is 1. The van der Waals surface area contributed by atoms with Crippen LogP contribution in [0.5, 0.6) is 0 Å². The summed E-state index contributed by atoms with van der Waals surface area (Å²) < 4.78 is 6.18. The average Bonchev–Trinajstić information content (AvgIpc) is 3.39. The molecule has 0 aliphatic carbocycles. The number of hydrogen-bond donors (Lipinski definition) is 1. The lowest BCUT2D eigenvalue weighted by Gasteiger charge is -2.19. The lowest BCUT2D eigenvalue weighted by Crippen LogP contribution is -2.29. The second kappa shape index (κ2) is 7.98. The highest BCUT2D eigenvalue weighted by atomic mass is 32.1. The minimum atomic E-state index is -0.158. The molecule has 1 fully saturated rings. The Labute approximate surface area is 161 Å². The van der Waals surface area contributed by atoms with Crippen molar-refractivity contribution in [2.24, 2.45) is 0 Å². The quantitative estimate of drug-likeness (QED) is 0.704. The number of nitrogens with zero attached hydrogens (tertiary/aromatic N) is 4. The first kappa shape index (κ1) is 17.8. The van der Waals surface area contributed by atoms with Crippen LogP contribution in [-0.2, 0) is 4.74 Å². The highest BCUT2D eigenvalue weighted by Gasteiger charge is 2.25. The molecule has 4 heterocycles. The zero-order chi connectivity index (χ0) is 18.6. The molecule has 1 atom stereocenters. The number of thiophene rings is 1. The third kappa shape index (κ3) is 3.77. The number of ether oxygens (including phenoxy) is 1. The maximum Gasteiger partial charge on any atom is 0.274 e. The Hall–Kier alpha value is -2.58. The van der Waals surface area contributed by atoms with Crippen LogP contribution < -0.4 is 5.32 Å². The molecule has 0 bridgehead atoms. The van der Waals surface area contributed by atoms with E-state index in [0.29, 0.717) is 18.2 Å². The molecule has 0 radical (unpaired) electrons. The van der Waals surface area contributed by atoms with Crippen LogP contribution in [0.15, 0.2) is 36.0 Å². The van der Waals surface area contributed by atoms with E-state index in [9.17, 15) is 4.79 Å². The number of pyridine rings is 1. The van der Waals surface area contributed by atoms with Crippen molar-refractivity contribution in [3.63, 3.8) is 0 Å². The largest absolute Gasteiger partial charge is 0.382 e. The number of nitrogens with one attached hydrogen (secondary N) is 1. The van der Waals surface area contributed by atoms with Gasteiger partial charge in [0.2, 0.25) is 5.95 Å². The third-order valence-electron chi connectivity index (χ3n) is 4.62. The van der Waals surface area contributed by atoms with Crippen molar-refractivity contribution in [1.29, 1.82) is 0 Å². The summed E-state index contributed by atoms with van der Waals surface area (Å²) in [5, 5.41) is 5.25. The van der Waals surface area contributed by atoms with Gasteiger partial charge >= 0.3 is 0 Å². The number of methoxy groups -OCH3 is 1. The highest BCUT2D eigenvalue weighted by molar-refractivity contribution is 7.17. The van der Waals surface area contributed by atoms with Gasteiger partial charge in [-0.1, -0.05) is 6.07 Å². The molecular formula is C19H21N5O2S. The highest BCUT2D eigenvalue weighted by Crippen LogP contribution is 2.27. The molecule has 0 aromatic carbocycles. The zero-order valence-corrected chi connectivity index (χ0v) is 15.9. The molecule has 0 saturated carbocycles. The molecule has 1 aliphatic rings. The van der Waals surface area contributed by atoms with Crippen LogP contribution in [0.1, 0.15) is 34.9 Å². The molecule has 4 rings (SSSR count). The van der Waals surface area contributed by atoms with Gasteiger partial charge in [0.05, 0.1) is 22.9 Å². The molecule has 1 amide bonds. The number of rotatable bonds is 6. The van der Waals surface area contributed by atoms with Gasteiger partial charge in [-0.05, 0) is 35.9 Å². The van der Waals surface area contributed by atoms with Crippen molar-refractivity contribution in [2.75, 3.05) is 32.1 Å². The van der Waals surface area contributed by atoms with E-state index in [1.807, 2.05) is 28.5 Å². The van der Waals surface area contributed by atoms with Crippen molar-refractivity contribution < 1.29 is 9.53 Å². The van der Waals surface area contributed by atoms with Crippen molar-refractivity contribution in [2.45, 2.75) is 18.9 Å². The molecule has 1 unspecified atom stereocenters. The molecule has 140 valence electrons. The summed E-state index contributed by atoms with van der Waals surface area (Å²) in [7, 11) is 1.65. The fraction of sp³-hybridized carbons (Fsp3) is 0.368. The van der Waals surface area contributed by atoms with Crippen molar-refractivity contribution in [3.8, 4) is 0 Å². The Morgan fingerprint density at radius 1 is 1.33 bits per heavy atom. The van der Waals surface area contributed by atoms with E-state index in [0.717, 1.165) is 41.7 Å². The summed E-state index contributed by atoms with van der Waals surface area (Å²) in [5.41, 5.74) is 2.23. The Bertz CT molecular complexity index is 924.